The van der Waals surface area contributed by atoms with Crippen molar-refractivity contribution in [3.63, 3.8) is 0 Å². The van der Waals surface area contributed by atoms with Gasteiger partial charge in [0.1, 0.15) is 0 Å². The number of amides is 1. The molecule has 0 saturated heterocycles. The predicted molar refractivity (Wildman–Crippen MR) is 82.7 cm³/mol. The molecule has 5 heteroatoms. The Kier molecular flexibility index (Phi) is 3.67. The van der Waals surface area contributed by atoms with Gasteiger partial charge in [-0.15, -0.1) is 0 Å². The lowest BCUT2D eigenvalue weighted by molar-refractivity contribution is 0.102. The first-order valence-corrected chi connectivity index (χ1v) is 6.67. The molecular formula is C17H12N4O. The topological polar surface area (TPSA) is 70.7 Å². The number of para-hydroxylation sites is 2. The number of carbonyl (C=O) groups is 1. The van der Waals surface area contributed by atoms with Crippen LogP contribution in [0.25, 0.3) is 5.69 Å². The molecule has 1 amide bonds. The number of imidazole rings is 1. The third-order valence-corrected chi connectivity index (χ3v) is 3.21. The highest BCUT2D eigenvalue weighted by molar-refractivity contribution is 6.05. The average Bonchev–Trinajstić information content (AvgIpc) is 3.10. The van der Waals surface area contributed by atoms with Gasteiger partial charge in [0.25, 0.3) is 5.91 Å². The molecule has 0 saturated carbocycles. The van der Waals surface area contributed by atoms with Gasteiger partial charge in [-0.05, 0) is 36.4 Å². The van der Waals surface area contributed by atoms with Crippen LogP contribution in [0.5, 0.6) is 0 Å². The lowest BCUT2D eigenvalue weighted by atomic mass is 10.1. The quantitative estimate of drug-likeness (QED) is 0.805. The maximum absolute atomic E-state index is 12.3. The fourth-order valence-electron chi connectivity index (χ4n) is 2.10. The van der Waals surface area contributed by atoms with Crippen molar-refractivity contribution in [3.8, 4) is 11.8 Å². The largest absolute Gasteiger partial charge is 0.320 e. The van der Waals surface area contributed by atoms with Gasteiger partial charge in [0.15, 0.2) is 0 Å². The van der Waals surface area contributed by atoms with Crippen LogP contribution in [-0.4, -0.2) is 15.5 Å². The minimum absolute atomic E-state index is 0.225. The molecule has 5 nitrogen and oxygen atoms in total. The summed E-state index contributed by atoms with van der Waals surface area (Å²) < 4.78 is 1.83. The summed E-state index contributed by atoms with van der Waals surface area (Å²) in [7, 11) is 0. The molecule has 0 unspecified atom stereocenters. The van der Waals surface area contributed by atoms with Crippen LogP contribution in [0.3, 0.4) is 0 Å². The van der Waals surface area contributed by atoms with Crippen molar-refractivity contribution in [1.29, 1.82) is 5.26 Å². The van der Waals surface area contributed by atoms with Gasteiger partial charge < -0.3 is 9.88 Å². The summed E-state index contributed by atoms with van der Waals surface area (Å²) in [6, 6.07) is 16.0. The summed E-state index contributed by atoms with van der Waals surface area (Å²) in [4.78, 5) is 16.3. The van der Waals surface area contributed by atoms with Crippen LogP contribution < -0.4 is 5.32 Å². The zero-order valence-electron chi connectivity index (χ0n) is 11.6. The van der Waals surface area contributed by atoms with Crippen molar-refractivity contribution in [2.24, 2.45) is 0 Å². The van der Waals surface area contributed by atoms with Gasteiger partial charge in [-0.25, -0.2) is 4.98 Å². The molecule has 0 aliphatic heterocycles. The SMILES string of the molecule is N#Cc1ccc(C(=O)Nc2ccccc2-n2ccnc2)cc1. The second-order valence-electron chi connectivity index (χ2n) is 4.63. The highest BCUT2D eigenvalue weighted by Crippen LogP contribution is 2.20. The van der Waals surface area contributed by atoms with Crippen LogP contribution in [0, 0.1) is 11.3 Å². The first-order valence-electron chi connectivity index (χ1n) is 6.67. The highest BCUT2D eigenvalue weighted by atomic mass is 16.1. The molecule has 1 aromatic heterocycles. The van der Waals surface area contributed by atoms with E-state index in [4.69, 9.17) is 5.26 Å². The van der Waals surface area contributed by atoms with Crippen LogP contribution in [0.15, 0.2) is 67.3 Å². The van der Waals surface area contributed by atoms with E-state index in [0.717, 1.165) is 5.69 Å². The monoisotopic (exact) mass is 288 g/mol. The van der Waals surface area contributed by atoms with Crippen molar-refractivity contribution in [1.82, 2.24) is 9.55 Å². The molecule has 22 heavy (non-hydrogen) atoms. The van der Waals surface area contributed by atoms with E-state index >= 15 is 0 Å². The summed E-state index contributed by atoms with van der Waals surface area (Å²) in [6.45, 7) is 0. The van der Waals surface area contributed by atoms with Gasteiger partial charge in [0, 0.05) is 18.0 Å². The molecule has 3 aromatic rings. The number of nitrogens with zero attached hydrogens (tertiary/aromatic N) is 3. The molecule has 3 rings (SSSR count). The Labute approximate surface area is 127 Å². The predicted octanol–water partition coefficient (Wildman–Crippen LogP) is 3.00. The van der Waals surface area contributed by atoms with E-state index in [0.29, 0.717) is 16.8 Å². The average molecular weight is 288 g/mol. The molecule has 2 aromatic carbocycles. The smallest absolute Gasteiger partial charge is 0.255 e. The maximum atomic E-state index is 12.3. The molecule has 1 heterocycles. The number of hydrogen-bond donors (Lipinski definition) is 1. The van der Waals surface area contributed by atoms with E-state index in [2.05, 4.69) is 10.3 Å². The maximum Gasteiger partial charge on any atom is 0.255 e. The van der Waals surface area contributed by atoms with Crippen molar-refractivity contribution >= 4 is 11.6 Å². The number of carbonyl (C=O) groups excluding carboxylic acids is 1. The molecule has 0 atom stereocenters. The van der Waals surface area contributed by atoms with Crippen molar-refractivity contribution in [2.45, 2.75) is 0 Å². The van der Waals surface area contributed by atoms with Crippen LogP contribution in [0.2, 0.25) is 0 Å². The Balaban J connectivity index is 1.87. The van der Waals surface area contributed by atoms with E-state index in [1.807, 2.05) is 41.1 Å². The van der Waals surface area contributed by atoms with E-state index in [9.17, 15) is 4.79 Å². The van der Waals surface area contributed by atoms with Crippen LogP contribution >= 0.6 is 0 Å². The Morgan fingerprint density at radius 3 is 2.59 bits per heavy atom. The lowest BCUT2D eigenvalue weighted by Crippen LogP contribution is -2.13. The van der Waals surface area contributed by atoms with Crippen molar-refractivity contribution < 1.29 is 4.79 Å². The van der Waals surface area contributed by atoms with Crippen molar-refractivity contribution in [3.05, 3.63) is 78.4 Å². The minimum Gasteiger partial charge on any atom is -0.320 e. The first kappa shape index (κ1) is 13.6. The standard InChI is InChI=1S/C17H12N4O/c18-11-13-5-7-14(8-6-13)17(22)20-15-3-1-2-4-16(15)21-10-9-19-12-21/h1-10,12H,(H,20,22). The third-order valence-electron chi connectivity index (χ3n) is 3.21. The number of nitrogens with one attached hydrogen (secondary N) is 1. The third kappa shape index (κ3) is 2.72. The molecule has 0 spiro atoms. The van der Waals surface area contributed by atoms with Gasteiger partial charge in [-0.1, -0.05) is 12.1 Å². The van der Waals surface area contributed by atoms with Gasteiger partial charge >= 0.3 is 0 Å². The van der Waals surface area contributed by atoms with Gasteiger partial charge in [0.05, 0.1) is 29.3 Å². The second kappa shape index (κ2) is 5.94. The number of anilines is 1. The highest BCUT2D eigenvalue weighted by Gasteiger charge is 2.09. The molecule has 0 bridgehead atoms. The molecule has 0 aliphatic rings. The second-order valence-corrected chi connectivity index (χ2v) is 4.63. The van der Waals surface area contributed by atoms with Gasteiger partial charge in [-0.2, -0.15) is 5.26 Å². The minimum atomic E-state index is -0.225. The number of rotatable bonds is 3. The molecular weight excluding hydrogens is 276 g/mol. The summed E-state index contributed by atoms with van der Waals surface area (Å²) in [5, 5.41) is 11.7. The Morgan fingerprint density at radius 2 is 1.91 bits per heavy atom. The Hall–Kier alpha value is -3.39. The molecule has 0 aliphatic carbocycles. The molecule has 0 fully saturated rings. The number of nitriles is 1. The molecule has 106 valence electrons. The zero-order valence-corrected chi connectivity index (χ0v) is 11.6. The Morgan fingerprint density at radius 1 is 1.14 bits per heavy atom. The zero-order chi connectivity index (χ0) is 15.4. The fourth-order valence-corrected chi connectivity index (χ4v) is 2.10. The molecule has 1 N–H and O–H groups in total. The lowest BCUT2D eigenvalue weighted by Gasteiger charge is -2.11. The summed E-state index contributed by atoms with van der Waals surface area (Å²) >= 11 is 0. The van der Waals surface area contributed by atoms with Crippen LogP contribution in [0.4, 0.5) is 5.69 Å². The first-order chi connectivity index (χ1) is 10.8. The number of hydrogen-bond acceptors (Lipinski definition) is 3. The van der Waals surface area contributed by atoms with Crippen LogP contribution in [0.1, 0.15) is 15.9 Å². The van der Waals surface area contributed by atoms with Crippen LogP contribution in [-0.2, 0) is 0 Å². The normalized spacial score (nSPS) is 9.95. The van der Waals surface area contributed by atoms with E-state index in [1.165, 1.54) is 0 Å². The van der Waals surface area contributed by atoms with Gasteiger partial charge in [-0.3, -0.25) is 4.79 Å². The summed E-state index contributed by atoms with van der Waals surface area (Å²) in [6.07, 6.45) is 5.17. The fraction of sp³-hybridized carbons (Fsp3) is 0. The Bertz CT molecular complexity index is 830. The molecule has 0 radical (unpaired) electrons. The van der Waals surface area contributed by atoms with Crippen molar-refractivity contribution in [2.75, 3.05) is 5.32 Å². The van der Waals surface area contributed by atoms with E-state index in [-0.39, 0.29) is 5.91 Å². The van der Waals surface area contributed by atoms with Gasteiger partial charge in [0.2, 0.25) is 0 Å². The number of benzene rings is 2. The summed E-state index contributed by atoms with van der Waals surface area (Å²) in [5.41, 5.74) is 2.55. The van der Waals surface area contributed by atoms with E-state index < -0.39 is 0 Å². The summed E-state index contributed by atoms with van der Waals surface area (Å²) in [5.74, 6) is -0.225. The number of aromatic nitrogens is 2. The van der Waals surface area contributed by atoms with E-state index in [1.54, 1.807) is 36.8 Å².